The topological polar surface area (TPSA) is 98.2 Å². The average molecular weight is 433 g/mol. The predicted molar refractivity (Wildman–Crippen MR) is 122 cm³/mol. The maximum atomic E-state index is 12.7. The Balaban J connectivity index is 1.75. The van der Waals surface area contributed by atoms with Crippen molar-refractivity contribution >= 4 is 23.7 Å². The molecular formula is C24H23N3O5. The van der Waals surface area contributed by atoms with Crippen molar-refractivity contribution in [2.75, 3.05) is 26.6 Å². The lowest BCUT2D eigenvalue weighted by atomic mass is 10.1. The van der Waals surface area contributed by atoms with Crippen LogP contribution in [0.5, 0.6) is 17.2 Å². The number of ether oxygens (including phenoxy) is 3. The molecule has 3 aromatic carbocycles. The van der Waals surface area contributed by atoms with Gasteiger partial charge in [-0.2, -0.15) is 5.10 Å². The quantitative estimate of drug-likeness (QED) is 0.417. The highest BCUT2D eigenvalue weighted by Gasteiger charge is 2.15. The third kappa shape index (κ3) is 5.23. The minimum absolute atomic E-state index is 0.263. The lowest BCUT2D eigenvalue weighted by Crippen LogP contribution is -2.21. The Morgan fingerprint density at radius 3 is 2.22 bits per heavy atom. The fraction of sp³-hybridized carbons (Fsp3) is 0.125. The SMILES string of the molecule is COc1ccccc1/C=N/NC(=O)c1ccccc1NC(=O)c1ccc(OC)c(OC)c1. The number of hydrogen-bond donors (Lipinski definition) is 2. The molecule has 0 saturated heterocycles. The third-order valence-corrected chi connectivity index (χ3v) is 4.57. The van der Waals surface area contributed by atoms with Gasteiger partial charge in [0.2, 0.25) is 0 Å². The summed E-state index contributed by atoms with van der Waals surface area (Å²) in [6.45, 7) is 0. The van der Waals surface area contributed by atoms with Crippen molar-refractivity contribution in [2.45, 2.75) is 0 Å². The summed E-state index contributed by atoms with van der Waals surface area (Å²) in [4.78, 5) is 25.4. The molecule has 0 aromatic heterocycles. The van der Waals surface area contributed by atoms with Crippen molar-refractivity contribution < 1.29 is 23.8 Å². The minimum Gasteiger partial charge on any atom is -0.496 e. The molecule has 0 saturated carbocycles. The van der Waals surface area contributed by atoms with E-state index >= 15 is 0 Å². The molecule has 0 unspecified atom stereocenters. The van der Waals surface area contributed by atoms with Crippen LogP contribution in [0.3, 0.4) is 0 Å². The number of nitrogens with zero attached hydrogens (tertiary/aromatic N) is 1. The Morgan fingerprint density at radius 2 is 1.47 bits per heavy atom. The molecule has 0 aliphatic carbocycles. The van der Waals surface area contributed by atoms with Gasteiger partial charge in [0.15, 0.2) is 11.5 Å². The molecule has 3 aromatic rings. The van der Waals surface area contributed by atoms with Gasteiger partial charge in [0.05, 0.1) is 38.8 Å². The molecule has 0 bridgehead atoms. The Morgan fingerprint density at radius 1 is 0.781 bits per heavy atom. The molecule has 164 valence electrons. The predicted octanol–water partition coefficient (Wildman–Crippen LogP) is 3.73. The van der Waals surface area contributed by atoms with Gasteiger partial charge in [-0.15, -0.1) is 0 Å². The summed E-state index contributed by atoms with van der Waals surface area (Å²) in [6.07, 6.45) is 1.49. The third-order valence-electron chi connectivity index (χ3n) is 4.57. The maximum Gasteiger partial charge on any atom is 0.273 e. The number of carbonyl (C=O) groups is 2. The Labute approximate surface area is 185 Å². The number of para-hydroxylation sites is 2. The van der Waals surface area contributed by atoms with E-state index in [1.54, 1.807) is 55.6 Å². The van der Waals surface area contributed by atoms with Crippen molar-refractivity contribution in [3.05, 3.63) is 83.4 Å². The second-order valence-corrected chi connectivity index (χ2v) is 6.51. The highest BCUT2D eigenvalue weighted by atomic mass is 16.5. The van der Waals surface area contributed by atoms with Crippen LogP contribution in [0.2, 0.25) is 0 Å². The van der Waals surface area contributed by atoms with Gasteiger partial charge in [0.25, 0.3) is 11.8 Å². The zero-order chi connectivity index (χ0) is 22.9. The maximum absolute atomic E-state index is 12.7. The van der Waals surface area contributed by atoms with E-state index in [1.165, 1.54) is 20.4 Å². The van der Waals surface area contributed by atoms with Crippen LogP contribution in [0.4, 0.5) is 5.69 Å². The molecule has 0 atom stereocenters. The lowest BCUT2D eigenvalue weighted by Gasteiger charge is -2.12. The van der Waals surface area contributed by atoms with E-state index in [2.05, 4.69) is 15.8 Å². The number of amides is 2. The minimum atomic E-state index is -0.473. The van der Waals surface area contributed by atoms with Gasteiger partial charge in [-0.3, -0.25) is 9.59 Å². The van der Waals surface area contributed by atoms with Gasteiger partial charge >= 0.3 is 0 Å². The summed E-state index contributed by atoms with van der Waals surface area (Å²) in [6, 6.07) is 18.7. The molecule has 8 heteroatoms. The van der Waals surface area contributed by atoms with Crippen LogP contribution in [0.15, 0.2) is 71.8 Å². The fourth-order valence-corrected chi connectivity index (χ4v) is 2.96. The van der Waals surface area contributed by atoms with Crippen molar-refractivity contribution in [3.63, 3.8) is 0 Å². The number of carbonyl (C=O) groups excluding carboxylic acids is 2. The largest absolute Gasteiger partial charge is 0.496 e. The van der Waals surface area contributed by atoms with Gasteiger partial charge in [0.1, 0.15) is 5.75 Å². The second-order valence-electron chi connectivity index (χ2n) is 6.51. The number of hydrogen-bond acceptors (Lipinski definition) is 6. The summed E-state index contributed by atoms with van der Waals surface area (Å²) in [5.74, 6) is 0.699. The summed E-state index contributed by atoms with van der Waals surface area (Å²) >= 11 is 0. The summed E-state index contributed by atoms with van der Waals surface area (Å²) in [5.41, 5.74) is 4.15. The van der Waals surface area contributed by atoms with E-state index in [-0.39, 0.29) is 5.56 Å². The number of anilines is 1. The first-order valence-electron chi connectivity index (χ1n) is 9.66. The zero-order valence-corrected chi connectivity index (χ0v) is 17.9. The smallest absolute Gasteiger partial charge is 0.273 e. The number of benzene rings is 3. The average Bonchev–Trinajstić information content (AvgIpc) is 2.84. The molecule has 32 heavy (non-hydrogen) atoms. The molecular weight excluding hydrogens is 410 g/mol. The Bertz CT molecular complexity index is 1140. The van der Waals surface area contributed by atoms with E-state index in [0.29, 0.717) is 34.1 Å². The van der Waals surface area contributed by atoms with Gasteiger partial charge in [0, 0.05) is 11.1 Å². The number of rotatable bonds is 8. The van der Waals surface area contributed by atoms with Gasteiger partial charge in [-0.1, -0.05) is 24.3 Å². The first kappa shape index (κ1) is 22.4. The molecule has 8 nitrogen and oxygen atoms in total. The van der Waals surface area contributed by atoms with Crippen LogP contribution in [0.1, 0.15) is 26.3 Å². The standard InChI is InChI=1S/C24H23N3O5/c1-30-20-11-7-4-8-17(20)15-25-27-24(29)18-9-5-6-10-19(18)26-23(28)16-12-13-21(31-2)22(14-16)32-3/h4-15H,1-3H3,(H,26,28)(H,27,29)/b25-15+. The van der Waals surface area contributed by atoms with Gasteiger partial charge in [-0.05, 0) is 42.5 Å². The fourth-order valence-electron chi connectivity index (χ4n) is 2.96. The van der Waals surface area contributed by atoms with Crippen molar-refractivity contribution in [2.24, 2.45) is 5.10 Å². The highest BCUT2D eigenvalue weighted by Crippen LogP contribution is 2.28. The summed E-state index contributed by atoms with van der Waals surface area (Å²) in [7, 11) is 4.57. The van der Waals surface area contributed by atoms with Crippen molar-refractivity contribution in [1.82, 2.24) is 5.43 Å². The molecule has 0 aliphatic heterocycles. The molecule has 0 fully saturated rings. The molecule has 0 aliphatic rings. The van der Waals surface area contributed by atoms with Crippen molar-refractivity contribution in [1.29, 1.82) is 0 Å². The molecule has 2 N–H and O–H groups in total. The van der Waals surface area contributed by atoms with E-state index in [0.717, 1.165) is 0 Å². The molecule has 2 amide bonds. The number of methoxy groups -OCH3 is 3. The monoisotopic (exact) mass is 433 g/mol. The molecule has 0 spiro atoms. The van der Waals surface area contributed by atoms with Crippen LogP contribution >= 0.6 is 0 Å². The second kappa shape index (κ2) is 10.6. The number of nitrogens with one attached hydrogen (secondary N) is 2. The lowest BCUT2D eigenvalue weighted by molar-refractivity contribution is 0.0956. The number of hydrazone groups is 1. The van der Waals surface area contributed by atoms with Crippen molar-refractivity contribution in [3.8, 4) is 17.2 Å². The summed E-state index contributed by atoms with van der Waals surface area (Å²) in [5, 5.41) is 6.75. The molecule has 3 rings (SSSR count). The van der Waals surface area contributed by atoms with Crippen LogP contribution in [0, 0.1) is 0 Å². The van der Waals surface area contributed by atoms with Crippen LogP contribution in [0.25, 0.3) is 0 Å². The molecule has 0 heterocycles. The first-order chi connectivity index (χ1) is 15.6. The van der Waals surface area contributed by atoms with Crippen LogP contribution in [-0.2, 0) is 0 Å². The van der Waals surface area contributed by atoms with E-state index < -0.39 is 11.8 Å². The zero-order valence-electron chi connectivity index (χ0n) is 17.9. The normalized spacial score (nSPS) is 10.5. The van der Waals surface area contributed by atoms with E-state index in [1.807, 2.05) is 18.2 Å². The van der Waals surface area contributed by atoms with Crippen LogP contribution in [-0.4, -0.2) is 39.4 Å². The molecule has 0 radical (unpaired) electrons. The summed E-state index contributed by atoms with van der Waals surface area (Å²) < 4.78 is 15.7. The van der Waals surface area contributed by atoms with Crippen LogP contribution < -0.4 is 25.0 Å². The Kier molecular flexibility index (Phi) is 7.42. The first-order valence-corrected chi connectivity index (χ1v) is 9.66. The highest BCUT2D eigenvalue weighted by molar-refractivity contribution is 6.09. The van der Waals surface area contributed by atoms with Gasteiger partial charge < -0.3 is 19.5 Å². The van der Waals surface area contributed by atoms with E-state index in [4.69, 9.17) is 14.2 Å². The van der Waals surface area contributed by atoms with Gasteiger partial charge in [-0.25, -0.2) is 5.43 Å². The van der Waals surface area contributed by atoms with E-state index in [9.17, 15) is 9.59 Å². The Hall–Kier alpha value is -4.33.